The zero-order chi connectivity index (χ0) is 23.2. The Labute approximate surface area is 181 Å². The van der Waals surface area contributed by atoms with Crippen molar-refractivity contribution in [1.82, 2.24) is 0 Å². The van der Waals surface area contributed by atoms with Crippen molar-refractivity contribution in [3.63, 3.8) is 0 Å². The number of rotatable bonds is 10. The van der Waals surface area contributed by atoms with E-state index in [1.54, 1.807) is 6.07 Å². The first-order valence-corrected chi connectivity index (χ1v) is 10.3. The van der Waals surface area contributed by atoms with E-state index < -0.39 is 23.4 Å². The van der Waals surface area contributed by atoms with E-state index in [1.807, 2.05) is 26.0 Å². The first-order valence-electron chi connectivity index (χ1n) is 10.3. The number of fused-ring (bicyclic) bond motifs is 1. The van der Waals surface area contributed by atoms with Crippen molar-refractivity contribution in [3.05, 3.63) is 58.0 Å². The number of aromatic hydroxyl groups is 1. The Kier molecular flexibility index (Phi) is 8.44. The second-order valence-electron chi connectivity index (χ2n) is 8.43. The average Bonchev–Trinajstić information content (AvgIpc) is 2.66. The van der Waals surface area contributed by atoms with Gasteiger partial charge < -0.3 is 29.6 Å². The van der Waals surface area contributed by atoms with E-state index in [0.717, 1.165) is 24.0 Å². The maximum atomic E-state index is 11.4. The molecule has 170 valence electrons. The van der Waals surface area contributed by atoms with Crippen molar-refractivity contribution in [1.29, 1.82) is 0 Å². The summed E-state index contributed by atoms with van der Waals surface area (Å²) in [5, 5.41) is 40.2. The van der Waals surface area contributed by atoms with Crippen LogP contribution in [-0.2, 0) is 0 Å². The lowest BCUT2D eigenvalue weighted by Gasteiger charge is -2.28. The van der Waals surface area contributed by atoms with Gasteiger partial charge in [-0.3, -0.25) is 0 Å². The molecule has 0 saturated heterocycles. The van der Waals surface area contributed by atoms with E-state index in [4.69, 9.17) is 9.15 Å². The van der Waals surface area contributed by atoms with Gasteiger partial charge in [-0.1, -0.05) is 17.2 Å². The fraction of sp³-hybridized carbons (Fsp3) is 0.458. The zero-order valence-electron chi connectivity index (χ0n) is 18.5. The van der Waals surface area contributed by atoms with E-state index in [2.05, 4.69) is 0 Å². The van der Waals surface area contributed by atoms with E-state index in [-0.39, 0.29) is 11.3 Å². The summed E-state index contributed by atoms with van der Waals surface area (Å²) in [6.07, 6.45) is 3.55. The SMILES string of the molecule is C/C(=C\COc1cc(O)c2ccc(=O)oc2c1)CC/C=C(\C)CC(O)C(O)C(C)(C)O. The molecule has 0 fully saturated rings. The highest BCUT2D eigenvalue weighted by Gasteiger charge is 2.30. The minimum Gasteiger partial charge on any atom is -0.507 e. The lowest BCUT2D eigenvalue weighted by atomic mass is 9.93. The lowest BCUT2D eigenvalue weighted by Crippen LogP contribution is -2.44. The molecule has 7 heteroatoms. The smallest absolute Gasteiger partial charge is 0.336 e. The van der Waals surface area contributed by atoms with Crippen LogP contribution in [0.25, 0.3) is 11.0 Å². The van der Waals surface area contributed by atoms with E-state index in [1.165, 1.54) is 32.0 Å². The minimum atomic E-state index is -1.35. The summed E-state index contributed by atoms with van der Waals surface area (Å²) in [5.74, 6) is 0.382. The highest BCUT2D eigenvalue weighted by Crippen LogP contribution is 2.29. The van der Waals surface area contributed by atoms with Gasteiger partial charge in [-0.25, -0.2) is 4.79 Å². The van der Waals surface area contributed by atoms with Crippen LogP contribution in [0.15, 0.2) is 56.8 Å². The Bertz CT molecular complexity index is 995. The number of phenolic OH excluding ortho intramolecular Hbond substituents is 1. The Morgan fingerprint density at radius 3 is 2.55 bits per heavy atom. The van der Waals surface area contributed by atoms with Crippen molar-refractivity contribution in [2.75, 3.05) is 6.61 Å². The molecule has 2 atom stereocenters. The largest absolute Gasteiger partial charge is 0.507 e. The molecule has 0 aliphatic carbocycles. The Hall–Kier alpha value is -2.61. The van der Waals surface area contributed by atoms with E-state index >= 15 is 0 Å². The second-order valence-corrected chi connectivity index (χ2v) is 8.43. The van der Waals surface area contributed by atoms with Crippen LogP contribution in [-0.4, -0.2) is 44.8 Å². The molecule has 4 N–H and O–H groups in total. The number of benzene rings is 1. The van der Waals surface area contributed by atoms with E-state index in [9.17, 15) is 25.2 Å². The predicted molar refractivity (Wildman–Crippen MR) is 119 cm³/mol. The summed E-state index contributed by atoms with van der Waals surface area (Å²) in [6, 6.07) is 5.80. The predicted octanol–water partition coefficient (Wildman–Crippen LogP) is 3.43. The summed E-state index contributed by atoms with van der Waals surface area (Å²) >= 11 is 0. The van der Waals surface area contributed by atoms with Crippen molar-refractivity contribution in [2.45, 2.75) is 64.8 Å². The van der Waals surface area contributed by atoms with Crippen LogP contribution in [0.1, 0.15) is 47.0 Å². The number of allylic oxidation sites excluding steroid dienone is 2. The molecule has 1 aromatic heterocycles. The number of aliphatic hydroxyl groups excluding tert-OH is 2. The summed E-state index contributed by atoms with van der Waals surface area (Å²) in [5.41, 5.74) is 0.461. The van der Waals surface area contributed by atoms with Crippen LogP contribution >= 0.6 is 0 Å². The number of hydrogen-bond acceptors (Lipinski definition) is 7. The highest BCUT2D eigenvalue weighted by molar-refractivity contribution is 5.84. The standard InChI is InChI=1S/C24H32O7/c1-15(6-5-7-16(2)12-20(26)23(28)24(3,4)29)10-11-30-17-13-19(25)18-8-9-22(27)31-21(18)14-17/h7-10,13-14,20,23,25-26,28-29H,5-6,11-12H2,1-4H3/b15-10+,16-7+. The molecule has 0 spiro atoms. The molecular weight excluding hydrogens is 400 g/mol. The summed E-state index contributed by atoms with van der Waals surface area (Å²) in [4.78, 5) is 11.4. The molecule has 2 aromatic rings. The van der Waals surface area contributed by atoms with Crippen molar-refractivity contribution in [3.8, 4) is 11.5 Å². The Morgan fingerprint density at radius 1 is 1.16 bits per heavy atom. The second kappa shape index (κ2) is 10.6. The Morgan fingerprint density at radius 2 is 1.87 bits per heavy atom. The maximum Gasteiger partial charge on any atom is 0.336 e. The third-order valence-electron chi connectivity index (χ3n) is 5.02. The monoisotopic (exact) mass is 432 g/mol. The topological polar surface area (TPSA) is 120 Å². The number of hydrogen-bond donors (Lipinski definition) is 4. The van der Waals surface area contributed by atoms with Crippen molar-refractivity contribution in [2.24, 2.45) is 0 Å². The van der Waals surface area contributed by atoms with Gasteiger partial charge in [-0.05, 0) is 59.1 Å². The van der Waals surface area contributed by atoms with Crippen LogP contribution in [0.2, 0.25) is 0 Å². The highest BCUT2D eigenvalue weighted by atomic mass is 16.5. The van der Waals surface area contributed by atoms with Crippen LogP contribution in [0, 0.1) is 0 Å². The maximum absolute atomic E-state index is 11.4. The fourth-order valence-electron chi connectivity index (χ4n) is 3.14. The van der Waals surface area contributed by atoms with Crippen LogP contribution in [0.3, 0.4) is 0 Å². The first kappa shape index (κ1) is 24.7. The minimum absolute atomic E-state index is 0.0190. The molecule has 0 radical (unpaired) electrons. The molecule has 0 aliphatic heterocycles. The fourth-order valence-corrected chi connectivity index (χ4v) is 3.14. The van der Waals surface area contributed by atoms with Crippen molar-refractivity contribution < 1.29 is 29.6 Å². The van der Waals surface area contributed by atoms with Crippen LogP contribution in [0.4, 0.5) is 0 Å². The molecule has 31 heavy (non-hydrogen) atoms. The molecule has 0 bridgehead atoms. The molecule has 0 saturated carbocycles. The third-order valence-corrected chi connectivity index (χ3v) is 5.02. The Balaban J connectivity index is 1.85. The molecule has 1 heterocycles. The van der Waals surface area contributed by atoms with Gasteiger partial charge in [0.15, 0.2) is 0 Å². The number of ether oxygens (including phenoxy) is 1. The molecule has 0 aliphatic rings. The summed E-state index contributed by atoms with van der Waals surface area (Å²) in [6.45, 7) is 7.09. The summed E-state index contributed by atoms with van der Waals surface area (Å²) in [7, 11) is 0. The number of phenols is 1. The molecule has 7 nitrogen and oxygen atoms in total. The number of aliphatic hydroxyl groups is 3. The average molecular weight is 433 g/mol. The normalized spacial score (nSPS) is 15.2. The van der Waals surface area contributed by atoms with Gasteiger partial charge in [0.25, 0.3) is 0 Å². The molecular formula is C24H32O7. The van der Waals surface area contributed by atoms with Gasteiger partial charge in [-0.15, -0.1) is 0 Å². The lowest BCUT2D eigenvalue weighted by molar-refractivity contribution is -0.105. The zero-order valence-corrected chi connectivity index (χ0v) is 18.5. The third kappa shape index (κ3) is 7.54. The molecule has 0 amide bonds. The molecule has 2 rings (SSSR count). The van der Waals surface area contributed by atoms with Crippen molar-refractivity contribution >= 4 is 11.0 Å². The van der Waals surface area contributed by atoms with Gasteiger partial charge >= 0.3 is 5.63 Å². The van der Waals surface area contributed by atoms with Gasteiger partial charge in [0.1, 0.15) is 29.8 Å². The molecule has 1 aromatic carbocycles. The van der Waals surface area contributed by atoms with Crippen LogP contribution < -0.4 is 10.4 Å². The first-order chi connectivity index (χ1) is 14.5. The van der Waals surface area contributed by atoms with Crippen LogP contribution in [0.5, 0.6) is 11.5 Å². The summed E-state index contributed by atoms with van der Waals surface area (Å²) < 4.78 is 10.7. The quantitative estimate of drug-likeness (QED) is 0.335. The van der Waals surface area contributed by atoms with Gasteiger partial charge in [-0.2, -0.15) is 0 Å². The van der Waals surface area contributed by atoms with Gasteiger partial charge in [0.05, 0.1) is 17.1 Å². The van der Waals surface area contributed by atoms with E-state index in [0.29, 0.717) is 24.2 Å². The van der Waals surface area contributed by atoms with Gasteiger partial charge in [0, 0.05) is 18.2 Å². The molecule has 2 unspecified atom stereocenters. The van der Waals surface area contributed by atoms with Gasteiger partial charge in [0.2, 0.25) is 0 Å².